The van der Waals surface area contributed by atoms with Crippen LogP contribution in [0.1, 0.15) is 5.56 Å². The molecule has 3 heteroatoms. The molecular weight excluding hydrogens is 280 g/mol. The lowest BCUT2D eigenvalue weighted by atomic mass is 10.2. The van der Waals surface area contributed by atoms with Crippen molar-refractivity contribution in [2.75, 3.05) is 5.52 Å². The maximum atomic E-state index is 5.68. The standard InChI is InChI=1S/C14H13BrO2/c15-11-17-14-8-4-7-13(9-14)16-10-12-5-2-1-3-6-12/h1-9H,10-11H2. The molecule has 0 spiro atoms. The maximum Gasteiger partial charge on any atom is 0.143 e. The summed E-state index contributed by atoms with van der Waals surface area (Å²) >= 11 is 3.22. The molecule has 0 aliphatic rings. The highest BCUT2D eigenvalue weighted by atomic mass is 79.9. The van der Waals surface area contributed by atoms with Crippen LogP contribution in [0.25, 0.3) is 0 Å². The first kappa shape index (κ1) is 12.0. The Morgan fingerprint density at radius 3 is 2.24 bits per heavy atom. The normalized spacial score (nSPS) is 9.94. The van der Waals surface area contributed by atoms with E-state index in [0.717, 1.165) is 17.1 Å². The summed E-state index contributed by atoms with van der Waals surface area (Å²) in [7, 11) is 0. The van der Waals surface area contributed by atoms with Crippen LogP contribution in [0.15, 0.2) is 54.6 Å². The topological polar surface area (TPSA) is 18.5 Å². The molecule has 0 heterocycles. The fraction of sp³-hybridized carbons (Fsp3) is 0.143. The summed E-state index contributed by atoms with van der Waals surface area (Å²) in [5.74, 6) is 1.61. The van der Waals surface area contributed by atoms with E-state index < -0.39 is 0 Å². The highest BCUT2D eigenvalue weighted by molar-refractivity contribution is 9.09. The lowest BCUT2D eigenvalue weighted by molar-refractivity contribution is 0.303. The van der Waals surface area contributed by atoms with Gasteiger partial charge in [-0.2, -0.15) is 0 Å². The number of rotatable bonds is 5. The summed E-state index contributed by atoms with van der Waals surface area (Å²) < 4.78 is 11.0. The van der Waals surface area contributed by atoms with Gasteiger partial charge in [0.2, 0.25) is 0 Å². The molecule has 17 heavy (non-hydrogen) atoms. The average Bonchev–Trinajstić information content (AvgIpc) is 2.39. The van der Waals surface area contributed by atoms with Crippen LogP contribution in [0.2, 0.25) is 0 Å². The van der Waals surface area contributed by atoms with E-state index in [1.807, 2.05) is 54.6 Å². The van der Waals surface area contributed by atoms with Gasteiger partial charge in [-0.1, -0.05) is 36.4 Å². The summed E-state index contributed by atoms with van der Waals surface area (Å²) in [6.07, 6.45) is 0. The molecule has 0 saturated carbocycles. The number of hydrogen-bond donors (Lipinski definition) is 0. The van der Waals surface area contributed by atoms with Gasteiger partial charge >= 0.3 is 0 Å². The molecule has 0 unspecified atom stereocenters. The minimum Gasteiger partial charge on any atom is -0.489 e. The Labute approximate surface area is 109 Å². The van der Waals surface area contributed by atoms with Gasteiger partial charge in [0.05, 0.1) is 0 Å². The number of halogens is 1. The second kappa shape index (κ2) is 6.30. The summed E-state index contributed by atoms with van der Waals surface area (Å²) in [6, 6.07) is 17.7. The monoisotopic (exact) mass is 292 g/mol. The molecule has 0 radical (unpaired) electrons. The van der Waals surface area contributed by atoms with Crippen molar-refractivity contribution >= 4 is 15.9 Å². The number of hydrogen-bond acceptors (Lipinski definition) is 2. The quantitative estimate of drug-likeness (QED) is 0.776. The lowest BCUT2D eigenvalue weighted by Gasteiger charge is -2.08. The Hall–Kier alpha value is -1.48. The van der Waals surface area contributed by atoms with Gasteiger partial charge < -0.3 is 9.47 Å². The zero-order chi connectivity index (χ0) is 11.9. The first-order valence-corrected chi connectivity index (χ1v) is 6.46. The average molecular weight is 293 g/mol. The van der Waals surface area contributed by atoms with E-state index in [9.17, 15) is 0 Å². The second-order valence-electron chi connectivity index (χ2n) is 3.50. The van der Waals surface area contributed by atoms with Gasteiger partial charge in [0, 0.05) is 6.07 Å². The van der Waals surface area contributed by atoms with E-state index in [1.165, 1.54) is 0 Å². The Kier molecular flexibility index (Phi) is 4.45. The van der Waals surface area contributed by atoms with Gasteiger partial charge in [0.1, 0.15) is 23.6 Å². The Bertz CT molecular complexity index is 457. The van der Waals surface area contributed by atoms with Crippen LogP contribution in [-0.2, 0) is 6.61 Å². The van der Waals surface area contributed by atoms with Crippen LogP contribution in [0.3, 0.4) is 0 Å². The van der Waals surface area contributed by atoms with E-state index in [-0.39, 0.29) is 0 Å². The van der Waals surface area contributed by atoms with Crippen molar-refractivity contribution < 1.29 is 9.47 Å². The van der Waals surface area contributed by atoms with E-state index in [4.69, 9.17) is 9.47 Å². The summed E-state index contributed by atoms with van der Waals surface area (Å²) in [5, 5.41) is 0. The highest BCUT2D eigenvalue weighted by Crippen LogP contribution is 2.20. The van der Waals surface area contributed by atoms with Crippen molar-refractivity contribution in [3.05, 3.63) is 60.2 Å². The maximum absolute atomic E-state index is 5.68. The van der Waals surface area contributed by atoms with Crippen LogP contribution in [-0.4, -0.2) is 5.52 Å². The third-order valence-electron chi connectivity index (χ3n) is 2.28. The number of benzene rings is 2. The van der Waals surface area contributed by atoms with Crippen molar-refractivity contribution in [1.82, 2.24) is 0 Å². The van der Waals surface area contributed by atoms with E-state index in [1.54, 1.807) is 0 Å². The molecule has 0 aromatic heterocycles. The molecule has 2 aromatic carbocycles. The van der Waals surface area contributed by atoms with E-state index in [2.05, 4.69) is 15.9 Å². The van der Waals surface area contributed by atoms with Gasteiger partial charge in [-0.05, 0) is 33.6 Å². The SMILES string of the molecule is BrCOc1cccc(OCc2ccccc2)c1. The van der Waals surface area contributed by atoms with E-state index >= 15 is 0 Å². The molecule has 0 aliphatic carbocycles. The smallest absolute Gasteiger partial charge is 0.143 e. The molecule has 2 nitrogen and oxygen atoms in total. The van der Waals surface area contributed by atoms with Crippen molar-refractivity contribution in [3.8, 4) is 11.5 Å². The zero-order valence-electron chi connectivity index (χ0n) is 9.30. The molecular formula is C14H13BrO2. The number of ether oxygens (including phenoxy) is 2. The molecule has 0 N–H and O–H groups in total. The lowest BCUT2D eigenvalue weighted by Crippen LogP contribution is -1.95. The highest BCUT2D eigenvalue weighted by Gasteiger charge is 1.98. The molecule has 2 rings (SSSR count). The third-order valence-corrected chi connectivity index (χ3v) is 2.50. The van der Waals surface area contributed by atoms with E-state index in [0.29, 0.717) is 12.1 Å². The molecule has 0 saturated heterocycles. The Balaban J connectivity index is 1.97. The molecule has 0 amide bonds. The van der Waals surface area contributed by atoms with Gasteiger partial charge in [-0.25, -0.2) is 0 Å². The molecule has 0 bridgehead atoms. The molecule has 88 valence electrons. The second-order valence-corrected chi connectivity index (χ2v) is 3.96. The minimum atomic E-state index is 0.481. The molecule has 0 atom stereocenters. The van der Waals surface area contributed by atoms with Crippen molar-refractivity contribution in [3.63, 3.8) is 0 Å². The van der Waals surface area contributed by atoms with Crippen LogP contribution in [0.4, 0.5) is 0 Å². The minimum absolute atomic E-state index is 0.481. The van der Waals surface area contributed by atoms with Gasteiger partial charge in [0.25, 0.3) is 0 Å². The number of alkyl halides is 1. The molecule has 0 fully saturated rings. The Morgan fingerprint density at radius 2 is 1.53 bits per heavy atom. The van der Waals surface area contributed by atoms with Crippen LogP contribution < -0.4 is 9.47 Å². The predicted molar refractivity (Wildman–Crippen MR) is 71.6 cm³/mol. The van der Waals surface area contributed by atoms with Crippen LogP contribution >= 0.6 is 15.9 Å². The summed E-state index contributed by atoms with van der Waals surface area (Å²) in [4.78, 5) is 0. The first-order valence-electron chi connectivity index (χ1n) is 5.34. The zero-order valence-corrected chi connectivity index (χ0v) is 10.9. The predicted octanol–water partition coefficient (Wildman–Crippen LogP) is 4.00. The fourth-order valence-electron chi connectivity index (χ4n) is 1.46. The van der Waals surface area contributed by atoms with Crippen molar-refractivity contribution in [2.24, 2.45) is 0 Å². The summed E-state index contributed by atoms with van der Waals surface area (Å²) in [6.45, 7) is 0.568. The first-order chi connectivity index (χ1) is 8.38. The van der Waals surface area contributed by atoms with Crippen molar-refractivity contribution in [2.45, 2.75) is 6.61 Å². The van der Waals surface area contributed by atoms with Gasteiger partial charge in [0.15, 0.2) is 0 Å². The fourth-order valence-corrected chi connectivity index (χ4v) is 1.72. The summed E-state index contributed by atoms with van der Waals surface area (Å²) in [5.41, 5.74) is 1.63. The van der Waals surface area contributed by atoms with Gasteiger partial charge in [-0.3, -0.25) is 0 Å². The largest absolute Gasteiger partial charge is 0.489 e. The third kappa shape index (κ3) is 3.79. The Morgan fingerprint density at radius 1 is 0.824 bits per heavy atom. The van der Waals surface area contributed by atoms with Crippen molar-refractivity contribution in [1.29, 1.82) is 0 Å². The van der Waals surface area contributed by atoms with Gasteiger partial charge in [-0.15, -0.1) is 0 Å². The molecule has 2 aromatic rings. The molecule has 0 aliphatic heterocycles. The van der Waals surface area contributed by atoms with Crippen LogP contribution in [0.5, 0.6) is 11.5 Å². The van der Waals surface area contributed by atoms with Crippen LogP contribution in [0, 0.1) is 0 Å².